The molecule has 0 aliphatic carbocycles. The summed E-state index contributed by atoms with van der Waals surface area (Å²) in [6, 6.07) is 10.8. The summed E-state index contributed by atoms with van der Waals surface area (Å²) < 4.78 is 66.1. The molecule has 2 saturated heterocycles. The zero-order chi connectivity index (χ0) is 34.0. The van der Waals surface area contributed by atoms with Crippen LogP contribution in [0, 0.1) is 0 Å². The third kappa shape index (κ3) is 7.33. The van der Waals surface area contributed by atoms with Crippen molar-refractivity contribution in [3.8, 4) is 23.1 Å². The number of aromatic carboxylic acids is 1. The van der Waals surface area contributed by atoms with E-state index in [0.717, 1.165) is 24.1 Å². The molecule has 13 nitrogen and oxygen atoms in total. The maximum absolute atomic E-state index is 12.6. The van der Waals surface area contributed by atoms with E-state index in [-0.39, 0.29) is 35.9 Å². The molecule has 0 amide bonds. The van der Waals surface area contributed by atoms with Gasteiger partial charge in [0.1, 0.15) is 35.3 Å². The Hall–Kier alpha value is -4.83. The van der Waals surface area contributed by atoms with Gasteiger partial charge in [-0.25, -0.2) is 14.8 Å². The van der Waals surface area contributed by atoms with E-state index in [2.05, 4.69) is 31.4 Å². The van der Waals surface area contributed by atoms with E-state index in [1.807, 2.05) is 16.7 Å². The summed E-state index contributed by atoms with van der Waals surface area (Å²) in [6.45, 7) is 5.89. The Morgan fingerprint density at radius 1 is 1.06 bits per heavy atom. The molecule has 2 aliphatic heterocycles. The fourth-order valence-electron chi connectivity index (χ4n) is 5.79. The molecule has 0 unspecified atom stereocenters. The number of imidazole rings is 1. The normalized spacial score (nSPS) is 18.4. The number of hydrogen-bond donors (Lipinski definition) is 1. The van der Waals surface area contributed by atoms with Crippen molar-refractivity contribution < 1.29 is 46.8 Å². The lowest BCUT2D eigenvalue weighted by Gasteiger charge is -2.40. The van der Waals surface area contributed by atoms with Gasteiger partial charge in [-0.15, -0.1) is 13.2 Å². The summed E-state index contributed by atoms with van der Waals surface area (Å²) in [5.41, 5.74) is 1.37. The van der Waals surface area contributed by atoms with Crippen molar-refractivity contribution in [2.24, 2.45) is 0 Å². The first-order valence-corrected chi connectivity index (χ1v) is 15.3. The summed E-state index contributed by atoms with van der Waals surface area (Å²) >= 11 is 0. The largest absolute Gasteiger partial charge is 0.573 e. The van der Waals surface area contributed by atoms with Crippen molar-refractivity contribution in [2.75, 3.05) is 45.4 Å². The lowest BCUT2D eigenvalue weighted by Crippen LogP contribution is -2.52. The standard InChI is InChI=1S/C32H35F3N6O7/c1-19-15-40(26-5-4-6-28(37-26)47-18-20-7-8-21(13-24(20)44-2)48-32(33,34)35)11-10-39(19)17-27-38-29-25(45-3)14-23(31(42)43)36-30(29)41(27)16-22-9-12-46-22/h4-8,13-14,19,22H,9-12,15-18H2,1-3H3,(H,42,43)/t19-,22-/m0/s1. The van der Waals surface area contributed by atoms with E-state index >= 15 is 0 Å². The van der Waals surface area contributed by atoms with E-state index in [4.69, 9.17) is 23.9 Å². The van der Waals surface area contributed by atoms with E-state index < -0.39 is 12.3 Å². The van der Waals surface area contributed by atoms with Crippen LogP contribution in [0.2, 0.25) is 0 Å². The molecular weight excluding hydrogens is 637 g/mol. The van der Waals surface area contributed by atoms with Crippen molar-refractivity contribution in [2.45, 2.75) is 51.5 Å². The molecule has 6 rings (SSSR count). The van der Waals surface area contributed by atoms with Crippen LogP contribution in [0.4, 0.5) is 19.0 Å². The molecule has 48 heavy (non-hydrogen) atoms. The maximum Gasteiger partial charge on any atom is 0.573 e. The number of piperazine rings is 1. The number of nitrogens with zero attached hydrogens (tertiary/aromatic N) is 6. The topological polar surface area (TPSA) is 134 Å². The van der Waals surface area contributed by atoms with E-state index in [0.29, 0.717) is 67.7 Å². The number of ether oxygens (including phenoxy) is 5. The maximum atomic E-state index is 12.6. The number of carbonyl (C=O) groups is 1. The Labute approximate surface area is 273 Å². The van der Waals surface area contributed by atoms with Crippen LogP contribution in [0.15, 0.2) is 42.5 Å². The van der Waals surface area contributed by atoms with Gasteiger partial charge in [0.15, 0.2) is 17.1 Å². The molecule has 16 heteroatoms. The number of benzene rings is 1. The van der Waals surface area contributed by atoms with Gasteiger partial charge in [0, 0.05) is 56.0 Å². The van der Waals surface area contributed by atoms with Crippen molar-refractivity contribution in [1.82, 2.24) is 24.4 Å². The van der Waals surface area contributed by atoms with Crippen LogP contribution in [-0.2, 0) is 24.4 Å². The Kier molecular flexibility index (Phi) is 9.46. The second-order valence-electron chi connectivity index (χ2n) is 11.5. The Bertz CT molecular complexity index is 1780. The number of aromatic nitrogens is 4. The predicted octanol–water partition coefficient (Wildman–Crippen LogP) is 4.52. The van der Waals surface area contributed by atoms with Crippen molar-refractivity contribution in [1.29, 1.82) is 0 Å². The summed E-state index contributed by atoms with van der Waals surface area (Å²) in [5.74, 6) is 0.845. The summed E-state index contributed by atoms with van der Waals surface area (Å²) in [4.78, 5) is 30.2. The first-order chi connectivity index (χ1) is 23.0. The molecule has 0 spiro atoms. The molecule has 1 N–H and O–H groups in total. The third-order valence-corrected chi connectivity index (χ3v) is 8.38. The van der Waals surface area contributed by atoms with Gasteiger partial charge >= 0.3 is 12.3 Å². The molecule has 2 aliphatic rings. The van der Waals surface area contributed by atoms with E-state index in [1.165, 1.54) is 32.4 Å². The first kappa shape index (κ1) is 33.1. The zero-order valence-corrected chi connectivity index (χ0v) is 26.6. The molecule has 0 radical (unpaired) electrons. The predicted molar refractivity (Wildman–Crippen MR) is 166 cm³/mol. The van der Waals surface area contributed by atoms with E-state index in [1.54, 1.807) is 6.07 Å². The molecule has 0 bridgehead atoms. The third-order valence-electron chi connectivity index (χ3n) is 8.38. The van der Waals surface area contributed by atoms with Crippen LogP contribution in [0.3, 0.4) is 0 Å². The number of carboxylic acids is 1. The van der Waals surface area contributed by atoms with Gasteiger partial charge in [-0.05, 0) is 31.5 Å². The Balaban J connectivity index is 1.14. The first-order valence-electron chi connectivity index (χ1n) is 15.3. The van der Waals surface area contributed by atoms with Gasteiger partial charge in [-0.2, -0.15) is 4.98 Å². The van der Waals surface area contributed by atoms with E-state index in [9.17, 15) is 23.1 Å². The van der Waals surface area contributed by atoms with Crippen LogP contribution in [0.5, 0.6) is 23.1 Å². The average Bonchev–Trinajstić information content (AvgIpc) is 3.38. The smallest absolute Gasteiger partial charge is 0.496 e. The van der Waals surface area contributed by atoms with Crippen molar-refractivity contribution in [3.05, 3.63) is 59.5 Å². The average molecular weight is 673 g/mol. The van der Waals surface area contributed by atoms with Gasteiger partial charge in [0.2, 0.25) is 5.88 Å². The fourth-order valence-corrected chi connectivity index (χ4v) is 5.79. The number of anilines is 1. The van der Waals surface area contributed by atoms with Gasteiger partial charge in [0.25, 0.3) is 0 Å². The lowest BCUT2D eigenvalue weighted by atomic mass is 10.1. The summed E-state index contributed by atoms with van der Waals surface area (Å²) in [7, 11) is 2.84. The molecule has 3 aromatic heterocycles. The molecule has 2 fully saturated rings. The van der Waals surface area contributed by atoms with Crippen molar-refractivity contribution in [3.63, 3.8) is 0 Å². The molecule has 4 aromatic rings. The molecule has 1 aromatic carbocycles. The Morgan fingerprint density at radius 3 is 2.52 bits per heavy atom. The number of fused-ring (bicyclic) bond motifs is 1. The second kappa shape index (κ2) is 13.7. The Morgan fingerprint density at radius 2 is 1.85 bits per heavy atom. The molecule has 5 heterocycles. The van der Waals surface area contributed by atoms with Gasteiger partial charge in [-0.1, -0.05) is 6.07 Å². The highest BCUT2D eigenvalue weighted by Gasteiger charge is 2.32. The minimum atomic E-state index is -4.81. The lowest BCUT2D eigenvalue weighted by molar-refractivity contribution is -0.274. The van der Waals surface area contributed by atoms with Gasteiger partial charge in [0.05, 0.1) is 33.4 Å². The molecular formula is C32H35F3N6O7. The highest BCUT2D eigenvalue weighted by molar-refractivity contribution is 5.91. The number of carboxylic acid groups (broad SMARTS) is 1. The van der Waals surface area contributed by atoms with Gasteiger partial charge < -0.3 is 38.3 Å². The van der Waals surface area contributed by atoms with Crippen LogP contribution in [-0.4, -0.2) is 94.5 Å². The SMILES string of the molecule is COc1cc(OC(F)(F)F)ccc1COc1cccc(N2CCN(Cc3nc4c(OC)cc(C(=O)O)nc4n3C[C@@H]3CCO3)[C@@H](C)C2)n1. The minimum Gasteiger partial charge on any atom is -0.496 e. The molecule has 0 saturated carbocycles. The summed E-state index contributed by atoms with van der Waals surface area (Å²) in [5, 5.41) is 9.64. The highest BCUT2D eigenvalue weighted by atomic mass is 19.4. The number of alkyl halides is 3. The minimum absolute atomic E-state index is 0.00104. The molecule has 2 atom stereocenters. The highest BCUT2D eigenvalue weighted by Crippen LogP contribution is 2.31. The number of halogens is 3. The molecule has 256 valence electrons. The zero-order valence-electron chi connectivity index (χ0n) is 26.6. The summed E-state index contributed by atoms with van der Waals surface area (Å²) in [6.07, 6.45) is -3.91. The van der Waals surface area contributed by atoms with Gasteiger partial charge in [-0.3, -0.25) is 4.90 Å². The van der Waals surface area contributed by atoms with Crippen LogP contribution in [0.1, 0.15) is 35.2 Å². The quantitative estimate of drug-likeness (QED) is 0.227. The number of methoxy groups -OCH3 is 2. The van der Waals surface area contributed by atoms with Crippen LogP contribution in [0.25, 0.3) is 11.2 Å². The number of pyridine rings is 2. The van der Waals surface area contributed by atoms with Crippen molar-refractivity contribution >= 4 is 23.0 Å². The number of hydrogen-bond acceptors (Lipinski definition) is 11. The number of rotatable bonds is 12. The second-order valence-corrected chi connectivity index (χ2v) is 11.5. The van der Waals surface area contributed by atoms with Crippen LogP contribution < -0.4 is 23.8 Å². The monoisotopic (exact) mass is 672 g/mol. The fraction of sp³-hybridized carbons (Fsp3) is 0.438. The van der Waals surface area contributed by atoms with Crippen LogP contribution >= 0.6 is 0 Å².